The molecule has 0 bridgehead atoms. The third kappa shape index (κ3) is 1.30. The molecule has 1 saturated carbocycles. The molecule has 1 saturated heterocycles. The molecule has 0 atom stereocenters. The van der Waals surface area contributed by atoms with Crippen LogP contribution in [-0.2, 0) is 4.79 Å². The molecule has 1 heterocycles. The first kappa shape index (κ1) is 8.53. The highest BCUT2D eigenvalue weighted by Gasteiger charge is 2.49. The van der Waals surface area contributed by atoms with E-state index in [1.54, 1.807) is 0 Å². The van der Waals surface area contributed by atoms with E-state index >= 15 is 0 Å². The Kier molecular flexibility index (Phi) is 1.98. The molecule has 13 heavy (non-hydrogen) atoms. The first-order chi connectivity index (χ1) is 6.27. The maximum absolute atomic E-state index is 11.5. The zero-order valence-electron chi connectivity index (χ0n) is 7.89. The maximum atomic E-state index is 11.5. The zero-order valence-corrected chi connectivity index (χ0v) is 7.89. The van der Waals surface area contributed by atoms with E-state index in [1.165, 1.54) is 0 Å². The lowest BCUT2D eigenvalue weighted by atomic mass is 9.77. The van der Waals surface area contributed by atoms with Crippen LogP contribution in [0.1, 0.15) is 32.6 Å². The number of nitrogens with one attached hydrogen (secondary N) is 2. The Morgan fingerprint density at radius 3 is 2.77 bits per heavy atom. The van der Waals surface area contributed by atoms with E-state index in [2.05, 4.69) is 22.5 Å². The molecule has 72 valence electrons. The molecule has 0 aromatic heterocycles. The first-order valence-corrected chi connectivity index (χ1v) is 4.91. The van der Waals surface area contributed by atoms with Crippen LogP contribution in [0.15, 0.2) is 4.99 Å². The minimum Gasteiger partial charge on any atom is -0.342 e. The van der Waals surface area contributed by atoms with Crippen molar-refractivity contribution in [3.05, 3.63) is 0 Å². The normalized spacial score (nSPS) is 27.2. The number of rotatable bonds is 2. The van der Waals surface area contributed by atoms with Crippen molar-refractivity contribution in [2.75, 3.05) is 6.54 Å². The molecule has 2 fully saturated rings. The largest absolute Gasteiger partial charge is 0.342 e. The van der Waals surface area contributed by atoms with Crippen LogP contribution in [-0.4, -0.2) is 24.0 Å². The number of amides is 1. The van der Waals surface area contributed by atoms with Gasteiger partial charge in [0.25, 0.3) is 5.91 Å². The molecular weight excluding hydrogens is 166 g/mol. The third-order valence-corrected chi connectivity index (χ3v) is 2.72. The molecule has 4 nitrogen and oxygen atoms in total. The summed E-state index contributed by atoms with van der Waals surface area (Å²) in [4.78, 5) is 15.7. The number of guanidine groups is 1. The van der Waals surface area contributed by atoms with Gasteiger partial charge in [0, 0.05) is 6.54 Å². The van der Waals surface area contributed by atoms with Crippen molar-refractivity contribution in [2.24, 2.45) is 4.99 Å². The highest BCUT2D eigenvalue weighted by molar-refractivity contribution is 6.09. The molecule has 0 aromatic carbocycles. The lowest BCUT2D eigenvalue weighted by molar-refractivity contribution is -0.126. The van der Waals surface area contributed by atoms with Gasteiger partial charge >= 0.3 is 0 Å². The van der Waals surface area contributed by atoms with Crippen LogP contribution in [0.2, 0.25) is 0 Å². The number of carbonyl (C=O) groups is 1. The fourth-order valence-electron chi connectivity index (χ4n) is 1.73. The second kappa shape index (κ2) is 3.01. The fraction of sp³-hybridized carbons (Fsp3) is 0.778. The van der Waals surface area contributed by atoms with E-state index in [9.17, 15) is 4.79 Å². The molecule has 2 rings (SSSR count). The molecule has 1 aliphatic carbocycles. The van der Waals surface area contributed by atoms with Gasteiger partial charge in [-0.3, -0.25) is 15.1 Å². The molecule has 4 heteroatoms. The molecule has 1 amide bonds. The molecule has 0 unspecified atom stereocenters. The molecule has 1 spiro atoms. The average Bonchev–Trinajstić information content (AvgIpc) is 2.38. The van der Waals surface area contributed by atoms with Crippen molar-refractivity contribution >= 4 is 11.9 Å². The number of carbonyl (C=O) groups excluding carboxylic acids is 1. The summed E-state index contributed by atoms with van der Waals surface area (Å²) >= 11 is 0. The summed E-state index contributed by atoms with van der Waals surface area (Å²) in [6, 6.07) is 0. The summed E-state index contributed by atoms with van der Waals surface area (Å²) in [5.41, 5.74) is -0.285. The predicted octanol–water partition coefficient (Wildman–Crippen LogP) is 0.394. The third-order valence-electron chi connectivity index (χ3n) is 2.72. The highest BCUT2D eigenvalue weighted by atomic mass is 16.2. The molecule has 1 aliphatic heterocycles. The van der Waals surface area contributed by atoms with Gasteiger partial charge < -0.3 is 5.32 Å². The van der Waals surface area contributed by atoms with Gasteiger partial charge in [0.05, 0.1) is 0 Å². The Morgan fingerprint density at radius 1 is 1.54 bits per heavy atom. The van der Waals surface area contributed by atoms with E-state index in [-0.39, 0.29) is 11.4 Å². The second-order valence-corrected chi connectivity index (χ2v) is 3.75. The van der Waals surface area contributed by atoms with Crippen LogP contribution in [0, 0.1) is 0 Å². The van der Waals surface area contributed by atoms with Gasteiger partial charge in [-0.05, 0) is 25.7 Å². The standard InChI is InChI=1S/C9H15N3O/c1-2-6-10-8-11-7(13)9(12-8)4-3-5-9/h2-6H2,1H3,(H2,10,11,12,13). The van der Waals surface area contributed by atoms with Crippen LogP contribution in [0.3, 0.4) is 0 Å². The monoisotopic (exact) mass is 181 g/mol. The Morgan fingerprint density at radius 2 is 2.31 bits per heavy atom. The molecular formula is C9H15N3O. The van der Waals surface area contributed by atoms with E-state index in [0.717, 1.165) is 32.2 Å². The molecule has 2 aliphatic rings. The number of nitrogens with zero attached hydrogens (tertiary/aromatic N) is 1. The van der Waals surface area contributed by atoms with Crippen molar-refractivity contribution in [3.8, 4) is 0 Å². The topological polar surface area (TPSA) is 53.5 Å². The van der Waals surface area contributed by atoms with Crippen molar-refractivity contribution in [3.63, 3.8) is 0 Å². The van der Waals surface area contributed by atoms with Crippen molar-refractivity contribution in [1.29, 1.82) is 0 Å². The first-order valence-electron chi connectivity index (χ1n) is 4.91. The number of hydrogen-bond donors (Lipinski definition) is 2. The molecule has 0 radical (unpaired) electrons. The highest BCUT2D eigenvalue weighted by Crippen LogP contribution is 2.33. The van der Waals surface area contributed by atoms with Crippen molar-refractivity contribution in [2.45, 2.75) is 38.1 Å². The van der Waals surface area contributed by atoms with Crippen LogP contribution in [0.5, 0.6) is 0 Å². The van der Waals surface area contributed by atoms with E-state index < -0.39 is 0 Å². The Bertz CT molecular complexity index is 256. The Labute approximate surface area is 77.8 Å². The summed E-state index contributed by atoms with van der Waals surface area (Å²) in [5, 5.41) is 5.96. The predicted molar refractivity (Wildman–Crippen MR) is 50.5 cm³/mol. The van der Waals surface area contributed by atoms with Crippen LogP contribution >= 0.6 is 0 Å². The van der Waals surface area contributed by atoms with Crippen molar-refractivity contribution in [1.82, 2.24) is 10.6 Å². The smallest absolute Gasteiger partial charge is 0.252 e. The molecule has 0 aromatic rings. The van der Waals surface area contributed by atoms with E-state index in [1.807, 2.05) is 0 Å². The van der Waals surface area contributed by atoms with Crippen LogP contribution < -0.4 is 10.6 Å². The SMILES string of the molecule is CCCN=C1NC(=O)C2(CCC2)N1. The second-order valence-electron chi connectivity index (χ2n) is 3.75. The Balaban J connectivity index is 2.02. The quantitative estimate of drug-likeness (QED) is 0.647. The lowest BCUT2D eigenvalue weighted by Gasteiger charge is -2.34. The van der Waals surface area contributed by atoms with Gasteiger partial charge in [-0.2, -0.15) is 0 Å². The summed E-state index contributed by atoms with van der Waals surface area (Å²) < 4.78 is 0. The minimum atomic E-state index is -0.285. The number of hydrogen-bond acceptors (Lipinski definition) is 2. The van der Waals surface area contributed by atoms with Gasteiger partial charge in [0.2, 0.25) is 0 Å². The summed E-state index contributed by atoms with van der Waals surface area (Å²) in [7, 11) is 0. The Hall–Kier alpha value is -1.06. The van der Waals surface area contributed by atoms with Gasteiger partial charge in [0.15, 0.2) is 5.96 Å². The zero-order chi connectivity index (χ0) is 9.31. The van der Waals surface area contributed by atoms with Crippen LogP contribution in [0.4, 0.5) is 0 Å². The average molecular weight is 181 g/mol. The van der Waals surface area contributed by atoms with Gasteiger partial charge in [0.1, 0.15) is 5.54 Å². The maximum Gasteiger partial charge on any atom is 0.252 e. The fourth-order valence-corrected chi connectivity index (χ4v) is 1.73. The number of aliphatic imine (C=N–C) groups is 1. The van der Waals surface area contributed by atoms with E-state index in [4.69, 9.17) is 0 Å². The minimum absolute atomic E-state index is 0.105. The van der Waals surface area contributed by atoms with E-state index in [0.29, 0.717) is 5.96 Å². The van der Waals surface area contributed by atoms with Gasteiger partial charge in [-0.25, -0.2) is 0 Å². The summed E-state index contributed by atoms with van der Waals surface area (Å²) in [5.74, 6) is 0.778. The van der Waals surface area contributed by atoms with Gasteiger partial charge in [-0.1, -0.05) is 6.92 Å². The van der Waals surface area contributed by atoms with Gasteiger partial charge in [-0.15, -0.1) is 0 Å². The lowest BCUT2D eigenvalue weighted by Crippen LogP contribution is -2.52. The van der Waals surface area contributed by atoms with Crippen molar-refractivity contribution < 1.29 is 4.79 Å². The summed E-state index contributed by atoms with van der Waals surface area (Å²) in [6.07, 6.45) is 4.05. The summed E-state index contributed by atoms with van der Waals surface area (Å²) in [6.45, 7) is 2.85. The van der Waals surface area contributed by atoms with Crippen LogP contribution in [0.25, 0.3) is 0 Å². The molecule has 2 N–H and O–H groups in total.